The van der Waals surface area contributed by atoms with Crippen LogP contribution in [0, 0.1) is 11.8 Å². The smallest absolute Gasteiger partial charge is 0.435 e. The number of hydrogen-bond acceptors (Lipinski definition) is 4. The molecule has 0 aromatic carbocycles. The maximum atomic E-state index is 13.7. The summed E-state index contributed by atoms with van der Waals surface area (Å²) in [6, 6.07) is 1.73. The van der Waals surface area contributed by atoms with Crippen molar-refractivity contribution in [2.24, 2.45) is 11.8 Å². The van der Waals surface area contributed by atoms with Crippen LogP contribution in [0.5, 0.6) is 0 Å². The van der Waals surface area contributed by atoms with E-state index in [4.69, 9.17) is 4.74 Å². The number of halogens is 3. The van der Waals surface area contributed by atoms with Crippen molar-refractivity contribution in [2.75, 3.05) is 11.9 Å². The van der Waals surface area contributed by atoms with Crippen molar-refractivity contribution in [2.45, 2.75) is 45.7 Å². The molecule has 4 rings (SSSR count). The number of H-pyrrole nitrogens is 1. The topological polar surface area (TPSA) is 71.9 Å². The van der Waals surface area contributed by atoms with Gasteiger partial charge in [0.15, 0.2) is 5.69 Å². The lowest BCUT2D eigenvalue weighted by Gasteiger charge is -2.14. The fourth-order valence-corrected chi connectivity index (χ4v) is 4.44. The monoisotopic (exact) mass is 408 g/mol. The molecule has 1 saturated carbocycles. The summed E-state index contributed by atoms with van der Waals surface area (Å²) in [5, 5.41) is 2.87. The van der Waals surface area contributed by atoms with Crippen molar-refractivity contribution in [3.05, 3.63) is 28.8 Å². The third-order valence-electron chi connectivity index (χ3n) is 5.66. The number of fused-ring (bicyclic) bond motifs is 3. The third kappa shape index (κ3) is 3.42. The van der Waals surface area contributed by atoms with E-state index in [1.54, 1.807) is 23.8 Å². The van der Waals surface area contributed by atoms with Gasteiger partial charge in [-0.2, -0.15) is 13.2 Å². The number of carbonyl (C=O) groups excluding carboxylic acids is 1. The van der Waals surface area contributed by atoms with Gasteiger partial charge in [-0.1, -0.05) is 6.92 Å². The molecule has 0 unspecified atom stereocenters. The van der Waals surface area contributed by atoms with Crippen molar-refractivity contribution < 1.29 is 22.7 Å². The molecule has 2 aromatic heterocycles. The minimum Gasteiger partial charge on any atom is -0.466 e. The van der Waals surface area contributed by atoms with Crippen LogP contribution in [0.25, 0.3) is 17.5 Å². The zero-order chi connectivity index (χ0) is 20.8. The van der Waals surface area contributed by atoms with E-state index in [-0.39, 0.29) is 29.6 Å². The molecule has 0 saturated heterocycles. The van der Waals surface area contributed by atoms with Gasteiger partial charge in [-0.15, -0.1) is 0 Å². The molecule has 0 radical (unpaired) electrons. The second kappa shape index (κ2) is 7.27. The summed E-state index contributed by atoms with van der Waals surface area (Å²) < 4.78 is 47.7. The molecule has 2 aliphatic rings. The van der Waals surface area contributed by atoms with Gasteiger partial charge in [0.25, 0.3) is 0 Å². The molecule has 1 fully saturated rings. The van der Waals surface area contributed by atoms with E-state index in [1.807, 2.05) is 6.92 Å². The van der Waals surface area contributed by atoms with Gasteiger partial charge in [0.1, 0.15) is 11.3 Å². The Morgan fingerprint density at radius 3 is 2.86 bits per heavy atom. The van der Waals surface area contributed by atoms with Crippen LogP contribution < -0.4 is 16.1 Å². The number of ether oxygens (including phenoxy) is 1. The Balaban J connectivity index is 1.87. The van der Waals surface area contributed by atoms with Crippen LogP contribution in [-0.2, 0) is 15.7 Å². The SMILES string of the molecule is CCOC(=O)C[C@H]1C/C(=c2/nc(C(F)(F)F)c3n2-c2cc[nH]c2NC=3)[C@H](CC)C1. The molecule has 29 heavy (non-hydrogen) atoms. The van der Waals surface area contributed by atoms with Crippen LogP contribution in [0.4, 0.5) is 19.0 Å². The summed E-state index contributed by atoms with van der Waals surface area (Å²) in [6.45, 7) is 4.09. The first-order valence-corrected chi connectivity index (χ1v) is 9.82. The first-order valence-electron chi connectivity index (χ1n) is 9.82. The number of hydrogen-bond donors (Lipinski definition) is 2. The van der Waals surface area contributed by atoms with Gasteiger partial charge in [-0.05, 0) is 49.7 Å². The van der Waals surface area contributed by atoms with Crippen LogP contribution >= 0.6 is 0 Å². The minimum atomic E-state index is -4.56. The van der Waals surface area contributed by atoms with E-state index in [9.17, 15) is 18.0 Å². The van der Waals surface area contributed by atoms with Crippen LogP contribution in [0.3, 0.4) is 0 Å². The lowest BCUT2D eigenvalue weighted by molar-refractivity contribution is -0.144. The van der Waals surface area contributed by atoms with Crippen molar-refractivity contribution in [3.8, 4) is 5.69 Å². The van der Waals surface area contributed by atoms with E-state index in [0.29, 0.717) is 30.0 Å². The quantitative estimate of drug-likeness (QED) is 0.764. The molecule has 9 heteroatoms. The Morgan fingerprint density at radius 1 is 1.38 bits per heavy atom. The molecule has 3 heterocycles. The number of nitrogens with one attached hydrogen (secondary N) is 2. The fourth-order valence-electron chi connectivity index (χ4n) is 4.44. The Bertz CT molecular complexity index is 1050. The molecule has 2 aromatic rings. The first-order chi connectivity index (χ1) is 13.8. The highest BCUT2D eigenvalue weighted by molar-refractivity contribution is 5.71. The van der Waals surface area contributed by atoms with E-state index < -0.39 is 11.9 Å². The Morgan fingerprint density at radius 2 is 2.17 bits per heavy atom. The number of aromatic amines is 1. The van der Waals surface area contributed by atoms with Crippen LogP contribution in [0.2, 0.25) is 0 Å². The number of carbonyl (C=O) groups is 1. The largest absolute Gasteiger partial charge is 0.466 e. The highest BCUT2D eigenvalue weighted by Crippen LogP contribution is 2.40. The van der Waals surface area contributed by atoms with Gasteiger partial charge in [0, 0.05) is 18.8 Å². The van der Waals surface area contributed by atoms with Crippen LogP contribution in [0.1, 0.15) is 45.2 Å². The lowest BCUT2D eigenvalue weighted by atomic mass is 9.99. The Labute approximate surface area is 165 Å². The van der Waals surface area contributed by atoms with E-state index in [2.05, 4.69) is 15.3 Å². The second-order valence-electron chi connectivity index (χ2n) is 7.47. The molecule has 0 amide bonds. The maximum absolute atomic E-state index is 13.7. The van der Waals surface area contributed by atoms with E-state index in [1.165, 1.54) is 6.20 Å². The number of imidazole rings is 1. The summed E-state index contributed by atoms with van der Waals surface area (Å²) in [4.78, 5) is 19.0. The molecule has 1 aliphatic heterocycles. The predicted molar refractivity (Wildman–Crippen MR) is 101 cm³/mol. The molecule has 1 aliphatic carbocycles. The zero-order valence-electron chi connectivity index (χ0n) is 16.3. The first kappa shape index (κ1) is 19.6. The molecule has 2 atom stereocenters. The van der Waals surface area contributed by atoms with E-state index >= 15 is 0 Å². The number of alkyl halides is 3. The second-order valence-corrected chi connectivity index (χ2v) is 7.47. The van der Waals surface area contributed by atoms with E-state index in [0.717, 1.165) is 18.4 Å². The van der Waals surface area contributed by atoms with Crippen LogP contribution in [0.15, 0.2) is 12.3 Å². The minimum absolute atomic E-state index is 0.00389. The average molecular weight is 408 g/mol. The average Bonchev–Trinajstić information content (AvgIpc) is 3.36. The van der Waals surface area contributed by atoms with Crippen molar-refractivity contribution >= 4 is 23.6 Å². The van der Waals surface area contributed by atoms with Gasteiger partial charge >= 0.3 is 12.1 Å². The van der Waals surface area contributed by atoms with Crippen molar-refractivity contribution in [1.82, 2.24) is 14.5 Å². The molecule has 2 N–H and O–H groups in total. The van der Waals surface area contributed by atoms with Gasteiger partial charge in [0.2, 0.25) is 0 Å². The highest BCUT2D eigenvalue weighted by Gasteiger charge is 2.39. The number of esters is 1. The fraction of sp³-hybridized carbons (Fsp3) is 0.500. The van der Waals surface area contributed by atoms with Gasteiger partial charge in [-0.25, -0.2) is 4.98 Å². The number of rotatable bonds is 4. The lowest BCUT2D eigenvalue weighted by Crippen LogP contribution is -2.33. The van der Waals surface area contributed by atoms with Crippen molar-refractivity contribution in [3.63, 3.8) is 0 Å². The number of anilines is 1. The summed E-state index contributed by atoms with van der Waals surface area (Å²) in [5.41, 5.74) is 0.921. The number of nitrogens with zero attached hydrogens (tertiary/aromatic N) is 2. The van der Waals surface area contributed by atoms with Crippen LogP contribution in [-0.4, -0.2) is 27.1 Å². The Kier molecular flexibility index (Phi) is 4.92. The predicted octanol–water partition coefficient (Wildman–Crippen LogP) is 2.92. The molecular weight excluding hydrogens is 385 g/mol. The normalized spacial score (nSPS) is 22.5. The van der Waals surface area contributed by atoms with Gasteiger partial charge in [0.05, 0.1) is 17.6 Å². The standard InChI is InChI=1S/C20H23F3N4O2/c1-3-12-7-11(9-16(28)29-4-2)8-13(12)19-26-17(20(21,22)23)15-10-25-18-14(27(15)19)5-6-24-18/h5-6,10-12,24-25H,3-4,7-9H2,1-2H3/b19-13+/t11-,12-/m1/s1. The van der Waals surface area contributed by atoms with Gasteiger partial charge < -0.3 is 15.0 Å². The summed E-state index contributed by atoms with van der Waals surface area (Å²) in [6.07, 6.45) is 0.792. The van der Waals surface area contributed by atoms with Gasteiger partial charge in [-0.3, -0.25) is 9.36 Å². The van der Waals surface area contributed by atoms with Crippen molar-refractivity contribution in [1.29, 1.82) is 0 Å². The Hall–Kier alpha value is -2.71. The summed E-state index contributed by atoms with van der Waals surface area (Å²) in [5.74, 6) is 0.492. The molecule has 6 nitrogen and oxygen atoms in total. The molecular formula is C20H23F3N4O2. The summed E-state index contributed by atoms with van der Waals surface area (Å²) in [7, 11) is 0. The molecule has 0 bridgehead atoms. The zero-order valence-corrected chi connectivity index (χ0v) is 16.3. The molecule has 0 spiro atoms. The molecule has 156 valence electrons. The highest BCUT2D eigenvalue weighted by atomic mass is 19.4. The third-order valence-corrected chi connectivity index (χ3v) is 5.66. The maximum Gasteiger partial charge on any atom is 0.435 e. The summed E-state index contributed by atoms with van der Waals surface area (Å²) >= 11 is 0. The number of aromatic nitrogens is 3.